The van der Waals surface area contributed by atoms with Crippen LogP contribution >= 0.6 is 23.2 Å². The normalized spacial score (nSPS) is 10.9. The molecule has 0 saturated carbocycles. The zero-order chi connectivity index (χ0) is 20.4. The van der Waals surface area contributed by atoms with E-state index in [4.69, 9.17) is 32.4 Å². The smallest absolute Gasteiger partial charge is 0.262 e. The number of anilines is 1. The van der Waals surface area contributed by atoms with E-state index in [1.54, 1.807) is 36.4 Å². The van der Waals surface area contributed by atoms with Crippen LogP contribution in [0.3, 0.4) is 0 Å². The molecule has 5 nitrogen and oxygen atoms in total. The average molecular weight is 427 g/mol. The van der Waals surface area contributed by atoms with E-state index in [2.05, 4.69) is 10.3 Å². The van der Waals surface area contributed by atoms with E-state index < -0.39 is 0 Å². The third-order valence-corrected chi connectivity index (χ3v) is 4.85. The molecule has 0 aliphatic carbocycles. The molecule has 0 fully saturated rings. The number of para-hydroxylation sites is 1. The maximum absolute atomic E-state index is 12.3. The Labute approximate surface area is 177 Å². The lowest BCUT2D eigenvalue weighted by molar-refractivity contribution is -0.118. The molecule has 3 aromatic carbocycles. The summed E-state index contributed by atoms with van der Waals surface area (Å²) in [7, 11) is 0. The lowest BCUT2D eigenvalue weighted by Crippen LogP contribution is -2.20. The molecule has 0 atom stereocenters. The van der Waals surface area contributed by atoms with Gasteiger partial charge in [-0.05, 0) is 55.0 Å². The van der Waals surface area contributed by atoms with E-state index in [0.717, 1.165) is 5.56 Å². The number of halogens is 2. The topological polar surface area (TPSA) is 64.4 Å². The molecule has 146 valence electrons. The molecule has 4 rings (SSSR count). The number of hydrogen-bond acceptors (Lipinski definition) is 4. The maximum Gasteiger partial charge on any atom is 0.262 e. The number of ether oxygens (including phenoxy) is 1. The number of hydrogen-bond donors (Lipinski definition) is 1. The van der Waals surface area contributed by atoms with Crippen LogP contribution < -0.4 is 10.1 Å². The maximum atomic E-state index is 12.3. The Morgan fingerprint density at radius 1 is 1.10 bits per heavy atom. The van der Waals surface area contributed by atoms with Crippen molar-refractivity contribution in [3.63, 3.8) is 0 Å². The average Bonchev–Trinajstić information content (AvgIpc) is 3.11. The highest BCUT2D eigenvalue weighted by Gasteiger charge is 2.14. The highest BCUT2D eigenvalue weighted by molar-refractivity contribution is 6.33. The van der Waals surface area contributed by atoms with Crippen LogP contribution in [0.5, 0.6) is 5.75 Å². The summed E-state index contributed by atoms with van der Waals surface area (Å²) in [5.41, 5.74) is 3.32. The van der Waals surface area contributed by atoms with Crippen LogP contribution in [0.25, 0.3) is 22.6 Å². The van der Waals surface area contributed by atoms with Crippen molar-refractivity contribution >= 4 is 45.9 Å². The molecule has 1 amide bonds. The van der Waals surface area contributed by atoms with Crippen LogP contribution in [0.1, 0.15) is 5.56 Å². The second kappa shape index (κ2) is 8.15. The van der Waals surface area contributed by atoms with Gasteiger partial charge in [0.2, 0.25) is 5.89 Å². The van der Waals surface area contributed by atoms with Crippen LogP contribution in [0.4, 0.5) is 5.69 Å². The van der Waals surface area contributed by atoms with E-state index in [-0.39, 0.29) is 12.5 Å². The number of carbonyl (C=O) groups is 1. The molecule has 0 aliphatic rings. The first-order valence-electron chi connectivity index (χ1n) is 8.84. The van der Waals surface area contributed by atoms with Gasteiger partial charge in [-0.3, -0.25) is 4.79 Å². The van der Waals surface area contributed by atoms with E-state index in [1.165, 1.54) is 0 Å². The highest BCUT2D eigenvalue weighted by Crippen LogP contribution is 2.33. The molecule has 0 saturated heterocycles. The van der Waals surface area contributed by atoms with Crippen LogP contribution in [-0.4, -0.2) is 17.5 Å². The monoisotopic (exact) mass is 426 g/mol. The van der Waals surface area contributed by atoms with Gasteiger partial charge >= 0.3 is 0 Å². The minimum Gasteiger partial charge on any atom is -0.483 e. The van der Waals surface area contributed by atoms with Gasteiger partial charge < -0.3 is 14.5 Å². The summed E-state index contributed by atoms with van der Waals surface area (Å²) in [6.45, 7) is 1.82. The van der Waals surface area contributed by atoms with Crippen LogP contribution in [-0.2, 0) is 4.79 Å². The predicted octanol–water partition coefficient (Wildman–Crippen LogP) is 6.13. The Balaban J connectivity index is 1.51. The van der Waals surface area contributed by atoms with Crippen molar-refractivity contribution in [2.45, 2.75) is 6.92 Å². The van der Waals surface area contributed by atoms with Crippen molar-refractivity contribution in [2.75, 3.05) is 11.9 Å². The Hall–Kier alpha value is -3.02. The Kier molecular flexibility index (Phi) is 5.43. The third-order valence-electron chi connectivity index (χ3n) is 4.28. The summed E-state index contributed by atoms with van der Waals surface area (Å²) >= 11 is 12.3. The molecule has 29 heavy (non-hydrogen) atoms. The van der Waals surface area contributed by atoms with Gasteiger partial charge in [0.25, 0.3) is 5.91 Å². The van der Waals surface area contributed by atoms with Crippen molar-refractivity contribution in [2.24, 2.45) is 0 Å². The third kappa shape index (κ3) is 4.36. The minimum atomic E-state index is -0.286. The standard InChI is InChI=1S/C22H16Cl2N2O3/c1-13-4-2-3-5-19(13)28-12-21(27)25-15-7-8-17(24)16(11-15)22-26-18-10-14(23)6-9-20(18)29-22/h2-11H,12H2,1H3,(H,25,27). The molecular formula is C22H16Cl2N2O3. The molecule has 0 spiro atoms. The lowest BCUT2D eigenvalue weighted by atomic mass is 10.2. The molecule has 1 N–H and O–H groups in total. The molecule has 0 unspecified atom stereocenters. The number of nitrogens with one attached hydrogen (secondary N) is 1. The van der Waals surface area contributed by atoms with Crippen LogP contribution in [0, 0.1) is 6.92 Å². The number of benzene rings is 3. The highest BCUT2D eigenvalue weighted by atomic mass is 35.5. The van der Waals surface area contributed by atoms with E-state index in [9.17, 15) is 4.79 Å². The second-order valence-electron chi connectivity index (χ2n) is 6.43. The van der Waals surface area contributed by atoms with E-state index >= 15 is 0 Å². The molecule has 1 aromatic heterocycles. The fourth-order valence-electron chi connectivity index (χ4n) is 2.84. The first-order valence-corrected chi connectivity index (χ1v) is 9.59. The Morgan fingerprint density at radius 2 is 1.93 bits per heavy atom. The molecule has 0 bridgehead atoms. The van der Waals surface area contributed by atoms with Crippen molar-refractivity contribution in [3.05, 3.63) is 76.3 Å². The first kappa shape index (κ1) is 19.3. The number of amides is 1. The van der Waals surface area contributed by atoms with Crippen molar-refractivity contribution in [3.8, 4) is 17.2 Å². The molecule has 7 heteroatoms. The molecule has 4 aromatic rings. The minimum absolute atomic E-state index is 0.107. The largest absolute Gasteiger partial charge is 0.483 e. The van der Waals surface area contributed by atoms with Crippen LogP contribution in [0.2, 0.25) is 10.0 Å². The Morgan fingerprint density at radius 3 is 2.76 bits per heavy atom. The number of aryl methyl sites for hydroxylation is 1. The van der Waals surface area contributed by atoms with Crippen molar-refractivity contribution in [1.29, 1.82) is 0 Å². The molecule has 0 aliphatic heterocycles. The number of rotatable bonds is 5. The zero-order valence-electron chi connectivity index (χ0n) is 15.4. The molecule has 0 radical (unpaired) electrons. The van der Waals surface area contributed by atoms with E-state index in [0.29, 0.717) is 44.0 Å². The summed E-state index contributed by atoms with van der Waals surface area (Å²) in [6.07, 6.45) is 0. The number of aromatic nitrogens is 1. The summed E-state index contributed by atoms with van der Waals surface area (Å²) in [6, 6.07) is 17.8. The summed E-state index contributed by atoms with van der Waals surface area (Å²) < 4.78 is 11.4. The predicted molar refractivity (Wildman–Crippen MR) is 115 cm³/mol. The molecule has 1 heterocycles. The van der Waals surface area contributed by atoms with E-state index in [1.807, 2.05) is 31.2 Å². The van der Waals surface area contributed by atoms with Gasteiger partial charge in [0.1, 0.15) is 11.3 Å². The summed E-state index contributed by atoms with van der Waals surface area (Å²) in [4.78, 5) is 16.7. The van der Waals surface area contributed by atoms with Gasteiger partial charge in [0.15, 0.2) is 12.2 Å². The van der Waals surface area contributed by atoms with Gasteiger partial charge in [-0.15, -0.1) is 0 Å². The lowest BCUT2D eigenvalue weighted by Gasteiger charge is -2.10. The molecular weight excluding hydrogens is 411 g/mol. The van der Waals surface area contributed by atoms with Crippen molar-refractivity contribution in [1.82, 2.24) is 4.98 Å². The van der Waals surface area contributed by atoms with Gasteiger partial charge in [-0.2, -0.15) is 0 Å². The van der Waals surface area contributed by atoms with Gasteiger partial charge in [0.05, 0.1) is 10.6 Å². The van der Waals surface area contributed by atoms with Crippen LogP contribution in [0.15, 0.2) is 65.1 Å². The van der Waals surface area contributed by atoms with Crippen molar-refractivity contribution < 1.29 is 13.9 Å². The Bertz CT molecular complexity index is 1200. The summed E-state index contributed by atoms with van der Waals surface area (Å²) in [5.74, 6) is 0.731. The SMILES string of the molecule is Cc1ccccc1OCC(=O)Nc1ccc(Cl)c(-c2nc3cc(Cl)ccc3o2)c1. The fraction of sp³-hybridized carbons (Fsp3) is 0.0909. The van der Waals surface area contributed by atoms with Gasteiger partial charge in [-0.1, -0.05) is 41.4 Å². The number of carbonyl (C=O) groups excluding carboxylic acids is 1. The zero-order valence-corrected chi connectivity index (χ0v) is 16.9. The number of nitrogens with zero attached hydrogens (tertiary/aromatic N) is 1. The quantitative estimate of drug-likeness (QED) is 0.416. The van der Waals surface area contributed by atoms with Gasteiger partial charge in [0, 0.05) is 10.7 Å². The fourth-order valence-corrected chi connectivity index (χ4v) is 3.21. The van der Waals surface area contributed by atoms with Gasteiger partial charge in [-0.25, -0.2) is 4.98 Å². The summed E-state index contributed by atoms with van der Waals surface area (Å²) in [5, 5.41) is 3.82. The number of oxazole rings is 1. The number of fused-ring (bicyclic) bond motifs is 1. The first-order chi connectivity index (χ1) is 14.0. The second-order valence-corrected chi connectivity index (χ2v) is 7.27.